The van der Waals surface area contributed by atoms with Gasteiger partial charge in [0.2, 0.25) is 0 Å². The fourth-order valence-corrected chi connectivity index (χ4v) is 2.03. The maximum absolute atomic E-state index is 11.6. The van der Waals surface area contributed by atoms with Crippen LogP contribution < -0.4 is 0 Å². The van der Waals surface area contributed by atoms with Gasteiger partial charge in [0.05, 0.1) is 0 Å². The maximum atomic E-state index is 11.6. The van der Waals surface area contributed by atoms with Gasteiger partial charge in [-0.25, -0.2) is 4.79 Å². The highest BCUT2D eigenvalue weighted by molar-refractivity contribution is 5.79. The molecular weight excluding hydrogens is 180 g/mol. The van der Waals surface area contributed by atoms with Gasteiger partial charge in [0.15, 0.2) is 6.10 Å². The predicted octanol–water partition coefficient (Wildman–Crippen LogP) is 2.04. The van der Waals surface area contributed by atoms with Crippen LogP contribution in [0.15, 0.2) is 0 Å². The van der Waals surface area contributed by atoms with E-state index in [4.69, 9.17) is 9.47 Å². The summed E-state index contributed by atoms with van der Waals surface area (Å²) in [7, 11) is 0. The molecule has 3 nitrogen and oxygen atoms in total. The van der Waals surface area contributed by atoms with Crippen LogP contribution in [0.1, 0.15) is 46.0 Å². The fourth-order valence-electron chi connectivity index (χ4n) is 2.03. The molecule has 1 aliphatic carbocycles. The van der Waals surface area contributed by atoms with Gasteiger partial charge in [0, 0.05) is 0 Å². The van der Waals surface area contributed by atoms with Gasteiger partial charge in [0.25, 0.3) is 0 Å². The Morgan fingerprint density at radius 3 is 2.64 bits per heavy atom. The zero-order valence-electron chi connectivity index (χ0n) is 8.91. The highest BCUT2D eigenvalue weighted by Crippen LogP contribution is 2.40. The van der Waals surface area contributed by atoms with Crippen LogP contribution >= 0.6 is 0 Å². The molecule has 0 aromatic heterocycles. The quantitative estimate of drug-likeness (QED) is 0.514. The average molecular weight is 198 g/mol. The van der Waals surface area contributed by atoms with E-state index in [1.165, 1.54) is 12.8 Å². The summed E-state index contributed by atoms with van der Waals surface area (Å²) in [5, 5.41) is 0. The number of ether oxygens (including phenoxy) is 2. The molecule has 2 aliphatic rings. The predicted molar refractivity (Wildman–Crippen MR) is 51.9 cm³/mol. The number of hydrogen-bond acceptors (Lipinski definition) is 3. The van der Waals surface area contributed by atoms with Crippen LogP contribution in [0.3, 0.4) is 0 Å². The number of carbonyl (C=O) groups is 1. The number of esters is 1. The van der Waals surface area contributed by atoms with Gasteiger partial charge in [-0.2, -0.15) is 0 Å². The van der Waals surface area contributed by atoms with Crippen LogP contribution in [0.25, 0.3) is 0 Å². The second-order valence-electron chi connectivity index (χ2n) is 4.51. The molecule has 2 atom stereocenters. The third-order valence-electron chi connectivity index (χ3n) is 3.39. The molecule has 0 aromatic rings. The van der Waals surface area contributed by atoms with Crippen molar-refractivity contribution >= 4 is 5.97 Å². The standard InChI is InChI=1S/C11H18O3/c1-3-11(2)9(14-11)10(12)13-8-6-4-5-7-8/h8-9H,3-7H2,1-2H3. The monoisotopic (exact) mass is 198 g/mol. The van der Waals surface area contributed by atoms with Crippen molar-refractivity contribution in [2.24, 2.45) is 0 Å². The summed E-state index contributed by atoms with van der Waals surface area (Å²) in [5.74, 6) is -0.152. The van der Waals surface area contributed by atoms with Crippen molar-refractivity contribution in [2.45, 2.75) is 63.8 Å². The third kappa shape index (κ3) is 1.78. The molecule has 1 aliphatic heterocycles. The second-order valence-corrected chi connectivity index (χ2v) is 4.51. The van der Waals surface area contributed by atoms with Gasteiger partial charge in [-0.1, -0.05) is 6.92 Å². The SMILES string of the molecule is CCC1(C)OC1C(=O)OC1CCCC1. The Labute approximate surface area is 84.8 Å². The molecule has 1 heterocycles. The number of hydrogen-bond donors (Lipinski definition) is 0. The van der Waals surface area contributed by atoms with Crippen molar-refractivity contribution in [3.05, 3.63) is 0 Å². The molecule has 2 rings (SSSR count). The van der Waals surface area contributed by atoms with Crippen molar-refractivity contribution in [1.29, 1.82) is 0 Å². The minimum absolute atomic E-state index is 0.152. The van der Waals surface area contributed by atoms with Crippen LogP contribution in [-0.2, 0) is 14.3 Å². The Kier molecular flexibility index (Phi) is 2.52. The summed E-state index contributed by atoms with van der Waals surface area (Å²) in [6.07, 6.45) is 5.17. The molecule has 80 valence electrons. The summed E-state index contributed by atoms with van der Waals surface area (Å²) in [5.41, 5.74) is -0.240. The van der Waals surface area contributed by atoms with E-state index in [-0.39, 0.29) is 23.8 Å². The maximum Gasteiger partial charge on any atom is 0.338 e. The van der Waals surface area contributed by atoms with Crippen LogP contribution in [-0.4, -0.2) is 23.8 Å². The van der Waals surface area contributed by atoms with E-state index < -0.39 is 0 Å². The Morgan fingerprint density at radius 2 is 2.14 bits per heavy atom. The van der Waals surface area contributed by atoms with Crippen LogP contribution in [0.5, 0.6) is 0 Å². The van der Waals surface area contributed by atoms with E-state index in [2.05, 4.69) is 0 Å². The molecule has 1 saturated heterocycles. The Morgan fingerprint density at radius 1 is 1.50 bits per heavy atom. The zero-order valence-corrected chi connectivity index (χ0v) is 8.91. The second kappa shape index (κ2) is 3.54. The minimum Gasteiger partial charge on any atom is -0.460 e. The van der Waals surface area contributed by atoms with Crippen molar-refractivity contribution in [1.82, 2.24) is 0 Å². The molecule has 0 bridgehead atoms. The van der Waals surface area contributed by atoms with Gasteiger partial charge in [-0.05, 0) is 39.0 Å². The van der Waals surface area contributed by atoms with E-state index in [0.717, 1.165) is 19.3 Å². The lowest BCUT2D eigenvalue weighted by molar-refractivity contribution is -0.150. The Hall–Kier alpha value is -0.570. The Balaban J connectivity index is 1.80. The number of epoxide rings is 1. The molecule has 0 aromatic carbocycles. The average Bonchev–Trinajstić information content (AvgIpc) is 2.60. The molecular formula is C11H18O3. The van der Waals surface area contributed by atoms with Gasteiger partial charge in [-0.3, -0.25) is 0 Å². The van der Waals surface area contributed by atoms with Gasteiger partial charge in [0.1, 0.15) is 11.7 Å². The fraction of sp³-hybridized carbons (Fsp3) is 0.909. The highest BCUT2D eigenvalue weighted by atomic mass is 16.7. The first kappa shape index (κ1) is 9.97. The first-order valence-corrected chi connectivity index (χ1v) is 5.54. The van der Waals surface area contributed by atoms with E-state index in [1.807, 2.05) is 13.8 Å². The largest absolute Gasteiger partial charge is 0.460 e. The molecule has 14 heavy (non-hydrogen) atoms. The van der Waals surface area contributed by atoms with Gasteiger partial charge < -0.3 is 9.47 Å². The van der Waals surface area contributed by atoms with Gasteiger partial charge >= 0.3 is 5.97 Å². The minimum atomic E-state index is -0.298. The molecule has 1 saturated carbocycles. The number of carbonyl (C=O) groups excluding carboxylic acids is 1. The summed E-state index contributed by atoms with van der Waals surface area (Å²) >= 11 is 0. The first-order valence-electron chi connectivity index (χ1n) is 5.54. The molecule has 2 unspecified atom stereocenters. The summed E-state index contributed by atoms with van der Waals surface area (Å²) in [4.78, 5) is 11.6. The van der Waals surface area contributed by atoms with Crippen LogP contribution in [0, 0.1) is 0 Å². The van der Waals surface area contributed by atoms with E-state index in [0.29, 0.717) is 0 Å². The van der Waals surface area contributed by atoms with Crippen molar-refractivity contribution in [3.63, 3.8) is 0 Å². The molecule has 0 radical (unpaired) electrons. The molecule has 3 heteroatoms. The first-order chi connectivity index (χ1) is 6.65. The summed E-state index contributed by atoms with van der Waals surface area (Å²) < 4.78 is 10.7. The molecule has 0 N–H and O–H groups in total. The van der Waals surface area contributed by atoms with Gasteiger partial charge in [-0.15, -0.1) is 0 Å². The lowest BCUT2D eigenvalue weighted by Crippen LogP contribution is -2.23. The smallest absolute Gasteiger partial charge is 0.338 e. The lowest BCUT2D eigenvalue weighted by Gasteiger charge is -2.10. The number of rotatable bonds is 3. The molecule has 2 fully saturated rings. The highest BCUT2D eigenvalue weighted by Gasteiger charge is 2.57. The normalized spacial score (nSPS) is 37.1. The van der Waals surface area contributed by atoms with Crippen molar-refractivity contribution in [3.8, 4) is 0 Å². The van der Waals surface area contributed by atoms with E-state index in [1.54, 1.807) is 0 Å². The summed E-state index contributed by atoms with van der Waals surface area (Å²) in [6.45, 7) is 4.00. The lowest BCUT2D eigenvalue weighted by atomic mass is 10.1. The van der Waals surface area contributed by atoms with Crippen LogP contribution in [0.2, 0.25) is 0 Å². The van der Waals surface area contributed by atoms with E-state index >= 15 is 0 Å². The van der Waals surface area contributed by atoms with E-state index in [9.17, 15) is 4.79 Å². The van der Waals surface area contributed by atoms with Crippen LogP contribution in [0.4, 0.5) is 0 Å². The van der Waals surface area contributed by atoms with Crippen molar-refractivity contribution in [2.75, 3.05) is 0 Å². The topological polar surface area (TPSA) is 38.8 Å². The van der Waals surface area contributed by atoms with Crippen molar-refractivity contribution < 1.29 is 14.3 Å². The summed E-state index contributed by atoms with van der Waals surface area (Å²) in [6, 6.07) is 0. The third-order valence-corrected chi connectivity index (χ3v) is 3.39. The Bertz CT molecular complexity index is 233. The zero-order chi connectivity index (χ0) is 10.2. The molecule has 0 amide bonds. The molecule has 0 spiro atoms.